The number of hydrogen-bond donors (Lipinski definition) is 0. The molecule has 3 aromatic carbocycles. The fourth-order valence-corrected chi connectivity index (χ4v) is 4.89. The van der Waals surface area contributed by atoms with E-state index in [-0.39, 0.29) is 5.91 Å². The quantitative estimate of drug-likeness (QED) is 0.299. The van der Waals surface area contributed by atoms with Crippen LogP contribution in [0.5, 0.6) is 11.5 Å². The average Bonchev–Trinajstić information content (AvgIpc) is 3.24. The minimum atomic E-state index is -0.0879. The van der Waals surface area contributed by atoms with Crippen molar-refractivity contribution in [1.82, 2.24) is 9.88 Å². The molecule has 0 saturated carbocycles. The Balaban J connectivity index is 1.66. The predicted molar refractivity (Wildman–Crippen MR) is 135 cm³/mol. The van der Waals surface area contributed by atoms with Crippen molar-refractivity contribution in [1.29, 1.82) is 0 Å². The van der Waals surface area contributed by atoms with Gasteiger partial charge in [0, 0.05) is 23.5 Å². The number of carbonyl (C=O) groups is 1. The number of para-hydroxylation sites is 2. The van der Waals surface area contributed by atoms with Crippen molar-refractivity contribution in [2.45, 2.75) is 4.90 Å². The molecule has 32 heavy (non-hydrogen) atoms. The first-order chi connectivity index (χ1) is 15.5. The normalized spacial score (nSPS) is 11.1. The fraction of sp³-hybridized carbons (Fsp3) is 0.200. The zero-order valence-electron chi connectivity index (χ0n) is 18.3. The zero-order valence-corrected chi connectivity index (χ0v) is 20.0. The van der Waals surface area contributed by atoms with Crippen LogP contribution in [0.4, 0.5) is 5.13 Å². The summed E-state index contributed by atoms with van der Waals surface area (Å²) < 4.78 is 7.02. The molecule has 1 aromatic heterocycles. The maximum atomic E-state index is 13.6. The second-order valence-electron chi connectivity index (χ2n) is 7.51. The number of likely N-dealkylation sites (N-methyl/N-ethyl adjacent to an activating group) is 1. The van der Waals surface area contributed by atoms with Gasteiger partial charge in [-0.15, -0.1) is 11.8 Å². The smallest absolute Gasteiger partial charge is 0.260 e. The Kier molecular flexibility index (Phi) is 7.09. The highest BCUT2D eigenvalue weighted by Gasteiger charge is 2.22. The second-order valence-corrected chi connectivity index (χ2v) is 9.36. The molecule has 0 spiro atoms. The maximum Gasteiger partial charge on any atom is 0.260 e. The van der Waals surface area contributed by atoms with Crippen LogP contribution in [0, 0.1) is 0 Å². The van der Waals surface area contributed by atoms with Crippen molar-refractivity contribution in [2.24, 2.45) is 0 Å². The Morgan fingerprint density at radius 3 is 2.47 bits per heavy atom. The standard InChI is InChI=1S/C25H25N3O2S2/c1-27(2)15-16-28(25-26-23-21(31-3)13-8-14-22(23)32-25)24(29)18-9-7-12-20(17-18)30-19-10-5-4-6-11-19/h4-14,17H,15-16H2,1-3H3. The van der Waals surface area contributed by atoms with Gasteiger partial charge in [0.15, 0.2) is 5.13 Å². The Labute approximate surface area is 196 Å². The third kappa shape index (κ3) is 5.12. The molecule has 0 aliphatic carbocycles. The van der Waals surface area contributed by atoms with Crippen LogP contribution in [-0.2, 0) is 0 Å². The van der Waals surface area contributed by atoms with E-state index in [0.717, 1.165) is 27.4 Å². The highest BCUT2D eigenvalue weighted by Crippen LogP contribution is 2.35. The number of benzene rings is 3. The van der Waals surface area contributed by atoms with E-state index < -0.39 is 0 Å². The van der Waals surface area contributed by atoms with Crippen LogP contribution in [0.3, 0.4) is 0 Å². The number of amides is 1. The molecule has 0 radical (unpaired) electrons. The first-order valence-electron chi connectivity index (χ1n) is 10.3. The van der Waals surface area contributed by atoms with Gasteiger partial charge in [-0.2, -0.15) is 0 Å². The van der Waals surface area contributed by atoms with Gasteiger partial charge in [-0.05, 0) is 62.8 Å². The summed E-state index contributed by atoms with van der Waals surface area (Å²) in [5.41, 5.74) is 1.52. The molecule has 0 fully saturated rings. The van der Waals surface area contributed by atoms with E-state index in [0.29, 0.717) is 23.0 Å². The van der Waals surface area contributed by atoms with Crippen molar-refractivity contribution in [3.63, 3.8) is 0 Å². The average molecular weight is 464 g/mol. The number of rotatable bonds is 8. The van der Waals surface area contributed by atoms with Gasteiger partial charge in [-0.25, -0.2) is 4.98 Å². The summed E-state index contributed by atoms with van der Waals surface area (Å²) in [6, 6.07) is 23.0. The van der Waals surface area contributed by atoms with Crippen LogP contribution >= 0.6 is 23.1 Å². The molecule has 4 rings (SSSR count). The van der Waals surface area contributed by atoms with Gasteiger partial charge in [-0.1, -0.05) is 41.7 Å². The molecule has 7 heteroatoms. The first kappa shape index (κ1) is 22.3. The molecule has 0 unspecified atom stereocenters. The molecule has 0 N–H and O–H groups in total. The number of fused-ring (bicyclic) bond motifs is 1. The van der Waals surface area contributed by atoms with Crippen molar-refractivity contribution in [2.75, 3.05) is 38.3 Å². The molecule has 0 saturated heterocycles. The van der Waals surface area contributed by atoms with Crippen LogP contribution in [0.15, 0.2) is 77.7 Å². The van der Waals surface area contributed by atoms with E-state index in [1.807, 2.05) is 74.9 Å². The van der Waals surface area contributed by atoms with Gasteiger partial charge in [0.2, 0.25) is 0 Å². The van der Waals surface area contributed by atoms with E-state index in [4.69, 9.17) is 9.72 Å². The lowest BCUT2D eigenvalue weighted by Crippen LogP contribution is -2.36. The number of aromatic nitrogens is 1. The molecule has 5 nitrogen and oxygen atoms in total. The Bertz CT molecular complexity index is 1210. The summed E-state index contributed by atoms with van der Waals surface area (Å²) in [5.74, 6) is 1.27. The third-order valence-electron chi connectivity index (χ3n) is 4.90. The molecule has 1 amide bonds. The van der Waals surface area contributed by atoms with E-state index in [1.54, 1.807) is 34.1 Å². The number of hydrogen-bond acceptors (Lipinski definition) is 6. The molecule has 0 aliphatic rings. The summed E-state index contributed by atoms with van der Waals surface area (Å²) in [5, 5.41) is 0.711. The van der Waals surface area contributed by atoms with Crippen molar-refractivity contribution in [3.8, 4) is 11.5 Å². The summed E-state index contributed by atoms with van der Waals surface area (Å²) in [7, 11) is 4.00. The minimum Gasteiger partial charge on any atom is -0.457 e. The highest BCUT2D eigenvalue weighted by molar-refractivity contribution is 7.98. The lowest BCUT2D eigenvalue weighted by atomic mass is 10.2. The van der Waals surface area contributed by atoms with Gasteiger partial charge in [0.05, 0.1) is 10.2 Å². The van der Waals surface area contributed by atoms with Crippen LogP contribution < -0.4 is 9.64 Å². The summed E-state index contributed by atoms with van der Waals surface area (Å²) in [6.07, 6.45) is 2.04. The van der Waals surface area contributed by atoms with Crippen molar-refractivity contribution >= 4 is 44.4 Å². The lowest BCUT2D eigenvalue weighted by Gasteiger charge is -2.22. The van der Waals surface area contributed by atoms with Gasteiger partial charge < -0.3 is 9.64 Å². The number of anilines is 1. The topological polar surface area (TPSA) is 45.7 Å². The van der Waals surface area contributed by atoms with Gasteiger partial charge in [-0.3, -0.25) is 9.69 Å². The zero-order chi connectivity index (χ0) is 22.5. The number of thiazole rings is 1. The fourth-order valence-electron chi connectivity index (χ4n) is 3.25. The van der Waals surface area contributed by atoms with E-state index in [9.17, 15) is 4.79 Å². The monoisotopic (exact) mass is 463 g/mol. The molecule has 0 aliphatic heterocycles. The molecule has 0 bridgehead atoms. The molecular formula is C25H25N3O2S2. The SMILES string of the molecule is CSc1cccc2sc(N(CCN(C)C)C(=O)c3cccc(Oc4ccccc4)c3)nc12. The Morgan fingerprint density at radius 2 is 1.72 bits per heavy atom. The molecular weight excluding hydrogens is 438 g/mol. The van der Waals surface area contributed by atoms with E-state index >= 15 is 0 Å². The summed E-state index contributed by atoms with van der Waals surface area (Å²) in [4.78, 5) is 23.4. The number of thioether (sulfide) groups is 1. The molecule has 0 atom stereocenters. The largest absolute Gasteiger partial charge is 0.457 e. The Hall–Kier alpha value is -2.87. The molecule has 1 heterocycles. The van der Waals surface area contributed by atoms with Gasteiger partial charge in [0.1, 0.15) is 11.5 Å². The van der Waals surface area contributed by atoms with E-state index in [2.05, 4.69) is 17.0 Å². The van der Waals surface area contributed by atoms with E-state index in [1.165, 1.54) is 0 Å². The van der Waals surface area contributed by atoms with Crippen LogP contribution in [0.1, 0.15) is 10.4 Å². The number of nitrogens with zero attached hydrogens (tertiary/aromatic N) is 3. The second kappa shape index (κ2) is 10.2. The number of carbonyl (C=O) groups excluding carboxylic acids is 1. The van der Waals surface area contributed by atoms with Crippen LogP contribution in [-0.4, -0.2) is 49.2 Å². The highest BCUT2D eigenvalue weighted by atomic mass is 32.2. The maximum absolute atomic E-state index is 13.6. The summed E-state index contributed by atoms with van der Waals surface area (Å²) >= 11 is 3.21. The predicted octanol–water partition coefficient (Wildman–Crippen LogP) is 6.02. The molecule has 164 valence electrons. The van der Waals surface area contributed by atoms with Gasteiger partial charge in [0.25, 0.3) is 5.91 Å². The van der Waals surface area contributed by atoms with Crippen molar-refractivity contribution < 1.29 is 9.53 Å². The van der Waals surface area contributed by atoms with Crippen molar-refractivity contribution in [3.05, 3.63) is 78.4 Å². The number of ether oxygens (including phenoxy) is 1. The van der Waals surface area contributed by atoms with Gasteiger partial charge >= 0.3 is 0 Å². The lowest BCUT2D eigenvalue weighted by molar-refractivity contribution is 0.0985. The van der Waals surface area contributed by atoms with Crippen LogP contribution in [0.25, 0.3) is 10.2 Å². The Morgan fingerprint density at radius 1 is 0.969 bits per heavy atom. The first-order valence-corrected chi connectivity index (χ1v) is 12.3. The minimum absolute atomic E-state index is 0.0879. The summed E-state index contributed by atoms with van der Waals surface area (Å²) in [6.45, 7) is 1.28. The van der Waals surface area contributed by atoms with Crippen LogP contribution in [0.2, 0.25) is 0 Å². The third-order valence-corrected chi connectivity index (χ3v) is 6.71. The molecule has 4 aromatic rings.